The maximum Gasteiger partial charge on any atom is 0.0455 e. The molecule has 3 nitrogen and oxygen atoms in total. The van der Waals surface area contributed by atoms with Crippen LogP contribution in [0.25, 0.3) is 0 Å². The molecule has 0 spiro atoms. The molecule has 2 fully saturated rings. The van der Waals surface area contributed by atoms with E-state index >= 15 is 0 Å². The predicted octanol–water partition coefficient (Wildman–Crippen LogP) is 1.19. The fourth-order valence-electron chi connectivity index (χ4n) is 2.88. The van der Waals surface area contributed by atoms with Crippen LogP contribution in [-0.4, -0.2) is 30.7 Å². The molecule has 80 valence electrons. The van der Waals surface area contributed by atoms with Crippen LogP contribution in [-0.2, 0) is 0 Å². The van der Waals surface area contributed by atoms with E-state index in [4.69, 9.17) is 0 Å². The summed E-state index contributed by atoms with van der Waals surface area (Å²) in [7, 11) is 0. The lowest BCUT2D eigenvalue weighted by molar-refractivity contribution is 0.578. The van der Waals surface area contributed by atoms with Crippen LogP contribution in [0.15, 0.2) is 18.3 Å². The summed E-state index contributed by atoms with van der Waals surface area (Å²) in [4.78, 5) is 6.80. The largest absolute Gasteiger partial charge is 0.367 e. The molecule has 2 saturated heterocycles. The Hall–Kier alpha value is -1.09. The average molecular weight is 203 g/mol. The highest BCUT2D eigenvalue weighted by molar-refractivity contribution is 5.49. The van der Waals surface area contributed by atoms with E-state index in [0.717, 1.165) is 18.2 Å². The quantitative estimate of drug-likeness (QED) is 0.743. The van der Waals surface area contributed by atoms with Gasteiger partial charge in [-0.2, -0.15) is 0 Å². The number of aromatic nitrogens is 1. The van der Waals surface area contributed by atoms with Gasteiger partial charge in [-0.05, 0) is 31.4 Å². The van der Waals surface area contributed by atoms with Crippen molar-refractivity contribution in [1.82, 2.24) is 10.3 Å². The summed E-state index contributed by atoms with van der Waals surface area (Å²) in [6.45, 7) is 5.61. The number of anilines is 1. The zero-order valence-electron chi connectivity index (χ0n) is 9.11. The Morgan fingerprint density at radius 1 is 1.47 bits per heavy atom. The van der Waals surface area contributed by atoms with Crippen molar-refractivity contribution in [3.05, 3.63) is 24.0 Å². The van der Waals surface area contributed by atoms with Crippen LogP contribution in [0, 0.1) is 12.8 Å². The van der Waals surface area contributed by atoms with Gasteiger partial charge in [0.25, 0.3) is 0 Å². The van der Waals surface area contributed by atoms with Gasteiger partial charge in [0.15, 0.2) is 0 Å². The van der Waals surface area contributed by atoms with E-state index in [1.807, 2.05) is 6.20 Å². The molecule has 1 aromatic heterocycles. The molecule has 3 rings (SSSR count). The second kappa shape index (κ2) is 3.49. The smallest absolute Gasteiger partial charge is 0.0455 e. The second-order valence-electron chi connectivity index (χ2n) is 4.62. The molecule has 3 heterocycles. The maximum absolute atomic E-state index is 4.25. The number of fused-ring (bicyclic) bond motifs is 1. The molecule has 15 heavy (non-hydrogen) atoms. The van der Waals surface area contributed by atoms with Crippen LogP contribution < -0.4 is 10.2 Å². The summed E-state index contributed by atoms with van der Waals surface area (Å²) in [5, 5.41) is 3.48. The van der Waals surface area contributed by atoms with E-state index in [2.05, 4.69) is 34.3 Å². The van der Waals surface area contributed by atoms with Gasteiger partial charge in [-0.15, -0.1) is 0 Å². The SMILES string of the molecule is Cc1cc(N2CC[C@H]3CNC[C@H]32)ccn1. The molecule has 0 bridgehead atoms. The van der Waals surface area contributed by atoms with Gasteiger partial charge in [0, 0.05) is 43.3 Å². The number of pyridine rings is 1. The van der Waals surface area contributed by atoms with Gasteiger partial charge in [0.2, 0.25) is 0 Å². The van der Waals surface area contributed by atoms with Crippen LogP contribution in [0.3, 0.4) is 0 Å². The van der Waals surface area contributed by atoms with Gasteiger partial charge < -0.3 is 10.2 Å². The van der Waals surface area contributed by atoms with Gasteiger partial charge >= 0.3 is 0 Å². The highest BCUT2D eigenvalue weighted by Crippen LogP contribution is 2.31. The molecule has 3 heteroatoms. The topological polar surface area (TPSA) is 28.2 Å². The minimum atomic E-state index is 0.715. The van der Waals surface area contributed by atoms with Gasteiger partial charge in [-0.25, -0.2) is 0 Å². The zero-order chi connectivity index (χ0) is 10.3. The highest BCUT2D eigenvalue weighted by Gasteiger charge is 2.37. The van der Waals surface area contributed by atoms with Crippen LogP contribution in [0.5, 0.6) is 0 Å². The predicted molar refractivity (Wildman–Crippen MR) is 61.1 cm³/mol. The molecule has 2 aliphatic heterocycles. The number of nitrogens with one attached hydrogen (secondary N) is 1. The first-order valence-corrected chi connectivity index (χ1v) is 5.74. The fourth-order valence-corrected chi connectivity index (χ4v) is 2.88. The Morgan fingerprint density at radius 3 is 3.27 bits per heavy atom. The lowest BCUT2D eigenvalue weighted by Gasteiger charge is -2.25. The maximum atomic E-state index is 4.25. The molecule has 1 N–H and O–H groups in total. The summed E-state index contributed by atoms with van der Waals surface area (Å²) in [6, 6.07) is 5.04. The lowest BCUT2D eigenvalue weighted by atomic mass is 10.1. The molecule has 0 amide bonds. The third-order valence-electron chi connectivity index (χ3n) is 3.66. The normalized spacial score (nSPS) is 29.5. The molecule has 0 radical (unpaired) electrons. The number of nitrogens with zero attached hydrogens (tertiary/aromatic N) is 2. The van der Waals surface area contributed by atoms with Crippen molar-refractivity contribution in [2.75, 3.05) is 24.5 Å². The molecular weight excluding hydrogens is 186 g/mol. The van der Waals surface area contributed by atoms with Gasteiger partial charge in [-0.1, -0.05) is 0 Å². The number of hydrogen-bond acceptors (Lipinski definition) is 3. The van der Waals surface area contributed by atoms with E-state index in [1.165, 1.54) is 25.2 Å². The molecule has 2 atom stereocenters. The molecule has 2 aliphatic rings. The Bertz CT molecular complexity index is 364. The van der Waals surface area contributed by atoms with E-state index in [1.54, 1.807) is 0 Å². The number of aryl methyl sites for hydroxylation is 1. The van der Waals surface area contributed by atoms with Crippen molar-refractivity contribution in [2.24, 2.45) is 5.92 Å². The summed E-state index contributed by atoms with van der Waals surface area (Å²) in [5.41, 5.74) is 2.46. The van der Waals surface area contributed by atoms with Crippen LogP contribution in [0.2, 0.25) is 0 Å². The van der Waals surface area contributed by atoms with Gasteiger partial charge in [-0.3, -0.25) is 4.98 Å². The van der Waals surface area contributed by atoms with Crippen molar-refractivity contribution < 1.29 is 0 Å². The van der Waals surface area contributed by atoms with E-state index in [0.29, 0.717) is 6.04 Å². The first kappa shape index (κ1) is 9.16. The second-order valence-corrected chi connectivity index (χ2v) is 4.62. The van der Waals surface area contributed by atoms with E-state index in [9.17, 15) is 0 Å². The number of rotatable bonds is 1. The van der Waals surface area contributed by atoms with E-state index in [-0.39, 0.29) is 0 Å². The molecule has 0 unspecified atom stereocenters. The molecule has 0 saturated carbocycles. The third kappa shape index (κ3) is 1.51. The Morgan fingerprint density at radius 2 is 2.40 bits per heavy atom. The molecular formula is C12H17N3. The monoisotopic (exact) mass is 203 g/mol. The average Bonchev–Trinajstić information content (AvgIpc) is 2.77. The van der Waals surface area contributed by atoms with Crippen molar-refractivity contribution >= 4 is 5.69 Å². The first-order valence-electron chi connectivity index (χ1n) is 5.74. The van der Waals surface area contributed by atoms with E-state index < -0.39 is 0 Å². The van der Waals surface area contributed by atoms with Crippen LogP contribution in [0.4, 0.5) is 5.69 Å². The Labute approximate surface area is 90.5 Å². The molecule has 0 aromatic carbocycles. The van der Waals surface area contributed by atoms with Crippen molar-refractivity contribution in [2.45, 2.75) is 19.4 Å². The summed E-state index contributed by atoms with van der Waals surface area (Å²) < 4.78 is 0. The minimum absolute atomic E-state index is 0.715. The summed E-state index contributed by atoms with van der Waals surface area (Å²) >= 11 is 0. The van der Waals surface area contributed by atoms with Gasteiger partial charge in [0.1, 0.15) is 0 Å². The summed E-state index contributed by atoms with van der Waals surface area (Å²) in [5.74, 6) is 0.860. The molecule has 0 aliphatic carbocycles. The van der Waals surface area contributed by atoms with Crippen LogP contribution >= 0.6 is 0 Å². The van der Waals surface area contributed by atoms with Crippen molar-refractivity contribution in [3.63, 3.8) is 0 Å². The first-order chi connectivity index (χ1) is 7.34. The standard InChI is InChI=1S/C12H17N3/c1-9-6-11(2-4-14-9)15-5-3-10-7-13-8-12(10)15/h2,4,6,10,12-13H,3,5,7-8H2,1H3/t10-,12+/m0/s1. The molecule has 1 aromatic rings. The lowest BCUT2D eigenvalue weighted by Crippen LogP contribution is -2.34. The minimum Gasteiger partial charge on any atom is -0.367 e. The van der Waals surface area contributed by atoms with Crippen LogP contribution in [0.1, 0.15) is 12.1 Å². The number of hydrogen-bond donors (Lipinski definition) is 1. The summed E-state index contributed by atoms with van der Waals surface area (Å²) in [6.07, 6.45) is 3.25. The van der Waals surface area contributed by atoms with Crippen molar-refractivity contribution in [3.8, 4) is 0 Å². The fraction of sp³-hybridized carbons (Fsp3) is 0.583. The third-order valence-corrected chi connectivity index (χ3v) is 3.66. The Kier molecular flexibility index (Phi) is 2.13. The van der Waals surface area contributed by atoms with Gasteiger partial charge in [0.05, 0.1) is 0 Å². The Balaban J connectivity index is 1.88. The zero-order valence-corrected chi connectivity index (χ0v) is 9.11. The van der Waals surface area contributed by atoms with Crippen molar-refractivity contribution in [1.29, 1.82) is 0 Å². The highest BCUT2D eigenvalue weighted by atomic mass is 15.2.